The lowest BCUT2D eigenvalue weighted by Gasteiger charge is -2.37. The molecule has 0 bridgehead atoms. The van der Waals surface area contributed by atoms with Crippen LogP contribution in [0, 0.1) is 0 Å². The molecule has 0 saturated carbocycles. The van der Waals surface area contributed by atoms with Crippen molar-refractivity contribution >= 4 is 28.2 Å². The highest BCUT2D eigenvalue weighted by molar-refractivity contribution is 7.14. The molecule has 6 nitrogen and oxygen atoms in total. The molecular weight excluding hydrogens is 286 g/mol. The maximum Gasteiger partial charge on any atom is 0.241 e. The topological polar surface area (TPSA) is 51.2 Å². The number of rotatable bonds is 3. The number of carbonyl (C=O) groups excluding carboxylic acids is 1. The predicted molar refractivity (Wildman–Crippen MR) is 88.2 cm³/mol. The molecule has 2 rings (SSSR count). The maximum absolute atomic E-state index is 11.6. The van der Waals surface area contributed by atoms with Gasteiger partial charge in [-0.25, -0.2) is 0 Å². The van der Waals surface area contributed by atoms with E-state index in [0.717, 1.165) is 32.1 Å². The molecule has 7 heteroatoms. The van der Waals surface area contributed by atoms with Crippen LogP contribution in [0.25, 0.3) is 0 Å². The number of nitrogens with one attached hydrogen (secondary N) is 1. The summed E-state index contributed by atoms with van der Waals surface area (Å²) in [6.07, 6.45) is 0. The Bertz CT molecular complexity index is 478. The number of nitrogens with zero attached hydrogens (tertiary/aromatic N) is 4. The molecule has 1 aliphatic rings. The van der Waals surface area contributed by atoms with Gasteiger partial charge < -0.3 is 20.0 Å². The summed E-state index contributed by atoms with van der Waals surface area (Å²) in [7, 11) is 5.27. The SMILES string of the molecule is CN=C(NCC(=O)N(C)C)N1CCN(c2cccs2)CC1. The first kappa shape index (κ1) is 15.6. The van der Waals surface area contributed by atoms with Crippen molar-refractivity contribution in [3.63, 3.8) is 0 Å². The lowest BCUT2D eigenvalue weighted by atomic mass is 10.3. The number of thiophene rings is 1. The van der Waals surface area contributed by atoms with E-state index in [1.54, 1.807) is 37.4 Å². The number of guanidine groups is 1. The minimum atomic E-state index is 0.0494. The van der Waals surface area contributed by atoms with Crippen LogP contribution in [-0.2, 0) is 4.79 Å². The van der Waals surface area contributed by atoms with Gasteiger partial charge in [-0.2, -0.15) is 0 Å². The van der Waals surface area contributed by atoms with Gasteiger partial charge in [-0.1, -0.05) is 0 Å². The quantitative estimate of drug-likeness (QED) is 0.654. The van der Waals surface area contributed by atoms with Crippen LogP contribution in [0.15, 0.2) is 22.5 Å². The molecule has 1 N–H and O–H groups in total. The molecule has 1 aliphatic heterocycles. The fourth-order valence-corrected chi connectivity index (χ4v) is 3.02. The van der Waals surface area contributed by atoms with Crippen LogP contribution < -0.4 is 10.2 Å². The fraction of sp³-hybridized carbons (Fsp3) is 0.571. The summed E-state index contributed by atoms with van der Waals surface area (Å²) in [6.45, 7) is 4.05. The Balaban J connectivity index is 1.83. The van der Waals surface area contributed by atoms with E-state index in [1.165, 1.54) is 5.00 Å². The second kappa shape index (κ2) is 7.31. The van der Waals surface area contributed by atoms with E-state index < -0.39 is 0 Å². The van der Waals surface area contributed by atoms with Crippen LogP contribution in [0.3, 0.4) is 0 Å². The summed E-state index contributed by atoms with van der Waals surface area (Å²) in [5, 5.41) is 6.56. The summed E-state index contributed by atoms with van der Waals surface area (Å²) in [5.41, 5.74) is 0. The molecule has 0 atom stereocenters. The molecule has 2 heterocycles. The van der Waals surface area contributed by atoms with Crippen molar-refractivity contribution < 1.29 is 4.79 Å². The van der Waals surface area contributed by atoms with Crippen molar-refractivity contribution in [2.24, 2.45) is 4.99 Å². The number of aliphatic imine (C=N–C) groups is 1. The van der Waals surface area contributed by atoms with Crippen LogP contribution in [0.5, 0.6) is 0 Å². The van der Waals surface area contributed by atoms with Gasteiger partial charge in [-0.3, -0.25) is 9.79 Å². The fourth-order valence-electron chi connectivity index (χ4n) is 2.23. The highest BCUT2D eigenvalue weighted by Gasteiger charge is 2.20. The molecule has 0 aromatic carbocycles. The standard InChI is InChI=1S/C14H23N5OS/c1-15-14(16-11-12(20)17(2)3)19-8-6-18(7-9-19)13-5-4-10-21-13/h4-5,10H,6-9,11H2,1-3H3,(H,15,16). The molecule has 1 aromatic rings. The van der Waals surface area contributed by atoms with Gasteiger partial charge >= 0.3 is 0 Å². The molecule has 0 unspecified atom stereocenters. The van der Waals surface area contributed by atoms with Crippen molar-refractivity contribution in [3.8, 4) is 0 Å². The van der Waals surface area contributed by atoms with E-state index in [0.29, 0.717) is 0 Å². The number of amides is 1. The first-order valence-electron chi connectivity index (χ1n) is 7.06. The highest BCUT2D eigenvalue weighted by Crippen LogP contribution is 2.22. The molecule has 1 saturated heterocycles. The molecule has 0 radical (unpaired) electrons. The monoisotopic (exact) mass is 309 g/mol. The lowest BCUT2D eigenvalue weighted by molar-refractivity contribution is -0.127. The minimum absolute atomic E-state index is 0.0494. The first-order chi connectivity index (χ1) is 10.1. The third kappa shape index (κ3) is 4.10. The van der Waals surface area contributed by atoms with Crippen molar-refractivity contribution in [3.05, 3.63) is 17.5 Å². The number of hydrogen-bond donors (Lipinski definition) is 1. The van der Waals surface area contributed by atoms with Crippen LogP contribution in [0.4, 0.5) is 5.00 Å². The molecule has 1 aromatic heterocycles. The van der Waals surface area contributed by atoms with Crippen LogP contribution >= 0.6 is 11.3 Å². The summed E-state index contributed by atoms with van der Waals surface area (Å²) in [6, 6.07) is 4.24. The van der Waals surface area contributed by atoms with Crippen LogP contribution in [0.2, 0.25) is 0 Å². The zero-order chi connectivity index (χ0) is 15.2. The van der Waals surface area contributed by atoms with Crippen LogP contribution in [0.1, 0.15) is 0 Å². The van der Waals surface area contributed by atoms with Crippen molar-refractivity contribution in [2.75, 3.05) is 58.8 Å². The maximum atomic E-state index is 11.6. The zero-order valence-corrected chi connectivity index (χ0v) is 13.7. The van der Waals surface area contributed by atoms with Gasteiger partial charge in [-0.05, 0) is 17.5 Å². The first-order valence-corrected chi connectivity index (χ1v) is 7.94. The third-order valence-corrected chi connectivity index (χ3v) is 4.43. The smallest absolute Gasteiger partial charge is 0.241 e. The summed E-state index contributed by atoms with van der Waals surface area (Å²) in [5.74, 6) is 0.851. The highest BCUT2D eigenvalue weighted by atomic mass is 32.1. The summed E-state index contributed by atoms with van der Waals surface area (Å²) < 4.78 is 0. The molecule has 0 spiro atoms. The molecular formula is C14H23N5OS. The van der Waals surface area contributed by atoms with Crippen molar-refractivity contribution in [2.45, 2.75) is 0 Å². The Morgan fingerprint density at radius 2 is 2.10 bits per heavy atom. The summed E-state index contributed by atoms with van der Waals surface area (Å²) >= 11 is 1.77. The molecule has 0 aliphatic carbocycles. The van der Waals surface area contributed by atoms with E-state index in [-0.39, 0.29) is 12.5 Å². The lowest BCUT2D eigenvalue weighted by Crippen LogP contribution is -2.53. The third-order valence-electron chi connectivity index (χ3n) is 3.51. The van der Waals surface area contributed by atoms with E-state index in [4.69, 9.17) is 0 Å². The molecule has 116 valence electrons. The Hall–Kier alpha value is -1.76. The van der Waals surface area contributed by atoms with Crippen molar-refractivity contribution in [1.29, 1.82) is 0 Å². The minimum Gasteiger partial charge on any atom is -0.360 e. The molecule has 21 heavy (non-hydrogen) atoms. The van der Waals surface area contributed by atoms with E-state index in [2.05, 4.69) is 37.6 Å². The van der Waals surface area contributed by atoms with Gasteiger partial charge in [0.15, 0.2) is 5.96 Å². The van der Waals surface area contributed by atoms with Gasteiger partial charge in [-0.15, -0.1) is 11.3 Å². The Morgan fingerprint density at radius 3 is 2.62 bits per heavy atom. The van der Waals surface area contributed by atoms with E-state index in [9.17, 15) is 4.79 Å². The average molecular weight is 309 g/mol. The summed E-state index contributed by atoms with van der Waals surface area (Å²) in [4.78, 5) is 22.1. The normalized spacial score (nSPS) is 16.0. The number of anilines is 1. The largest absolute Gasteiger partial charge is 0.360 e. The van der Waals surface area contributed by atoms with Gasteiger partial charge in [0.05, 0.1) is 11.5 Å². The molecule has 1 amide bonds. The number of piperazine rings is 1. The van der Waals surface area contributed by atoms with Crippen LogP contribution in [-0.4, -0.2) is 75.5 Å². The van der Waals surface area contributed by atoms with Gasteiger partial charge in [0.1, 0.15) is 0 Å². The molecule has 1 fully saturated rings. The zero-order valence-electron chi connectivity index (χ0n) is 12.9. The number of carbonyl (C=O) groups is 1. The second-order valence-corrected chi connectivity index (χ2v) is 6.04. The second-order valence-electron chi connectivity index (χ2n) is 5.11. The van der Waals surface area contributed by atoms with Crippen molar-refractivity contribution in [1.82, 2.24) is 15.1 Å². The van der Waals surface area contributed by atoms with Gasteiger partial charge in [0.2, 0.25) is 5.91 Å². The Kier molecular flexibility index (Phi) is 5.44. The van der Waals surface area contributed by atoms with Gasteiger partial charge in [0.25, 0.3) is 0 Å². The van der Waals surface area contributed by atoms with E-state index in [1.807, 2.05) is 0 Å². The van der Waals surface area contributed by atoms with Gasteiger partial charge in [0, 0.05) is 47.3 Å². The number of likely N-dealkylation sites (N-methyl/N-ethyl adjacent to an activating group) is 1. The Morgan fingerprint density at radius 1 is 1.38 bits per heavy atom. The average Bonchev–Trinajstić information content (AvgIpc) is 3.02. The number of hydrogen-bond acceptors (Lipinski definition) is 4. The Labute approximate surface area is 130 Å². The van der Waals surface area contributed by atoms with E-state index >= 15 is 0 Å². The predicted octanol–water partition coefficient (Wildman–Crippen LogP) is 0.534.